The fourth-order valence-electron chi connectivity index (χ4n) is 1.65. The van der Waals surface area contributed by atoms with Crippen LogP contribution in [0.25, 0.3) is 0 Å². The van der Waals surface area contributed by atoms with E-state index in [9.17, 15) is 4.79 Å². The smallest absolute Gasteiger partial charge is 0.305 e. The molecule has 0 aliphatic carbocycles. The van der Waals surface area contributed by atoms with Gasteiger partial charge < -0.3 is 20.4 Å². The molecule has 0 unspecified atom stereocenters. The Balaban J connectivity index is 4.71. The van der Waals surface area contributed by atoms with Gasteiger partial charge in [0.2, 0.25) is 0 Å². The highest BCUT2D eigenvalue weighted by Crippen LogP contribution is 2.00. The van der Waals surface area contributed by atoms with E-state index in [0.717, 1.165) is 0 Å². The van der Waals surface area contributed by atoms with E-state index in [-0.39, 0.29) is 19.4 Å². The summed E-state index contributed by atoms with van der Waals surface area (Å²) in [6.07, 6.45) is 0.341. The van der Waals surface area contributed by atoms with Gasteiger partial charge in [-0.2, -0.15) is 0 Å². The lowest BCUT2D eigenvalue weighted by atomic mass is 10.2. The van der Waals surface area contributed by atoms with Crippen molar-refractivity contribution in [3.63, 3.8) is 0 Å². The molecule has 0 aliphatic heterocycles. The molecule has 0 saturated heterocycles. The minimum absolute atomic E-state index is 0.101. The summed E-state index contributed by atoms with van der Waals surface area (Å²) < 4.78 is 4.52. The molecule has 0 spiro atoms. The van der Waals surface area contributed by atoms with E-state index in [1.54, 1.807) is 18.7 Å². The number of nitrogens with zero attached hydrogens (tertiary/aromatic N) is 4. The fourth-order valence-corrected chi connectivity index (χ4v) is 1.65. The highest BCUT2D eigenvalue weighted by atomic mass is 16.5. The average Bonchev–Trinajstić information content (AvgIpc) is 2.50. The molecule has 0 bridgehead atoms. The Bertz CT molecular complexity index is 400. The van der Waals surface area contributed by atoms with Crippen molar-refractivity contribution in [3.05, 3.63) is 0 Å². The lowest BCUT2D eigenvalue weighted by Crippen LogP contribution is -2.37. The zero-order chi connectivity index (χ0) is 16.3. The number of hydrogen-bond acceptors (Lipinski definition) is 9. The molecular formula is C12H22N4O5. The number of hydrogen-bond donors (Lipinski definition) is 3. The summed E-state index contributed by atoms with van der Waals surface area (Å²) in [6, 6.07) is 0. The largest absolute Gasteiger partial charge is 0.469 e. The zero-order valence-corrected chi connectivity index (χ0v) is 12.5. The third-order valence-corrected chi connectivity index (χ3v) is 2.64. The van der Waals surface area contributed by atoms with Crippen LogP contribution in [-0.2, 0) is 9.53 Å². The summed E-state index contributed by atoms with van der Waals surface area (Å²) in [5.41, 5.74) is 1.27. The summed E-state index contributed by atoms with van der Waals surface area (Å²) in [5.74, 6) is -0.399. The minimum Gasteiger partial charge on any atom is -0.469 e. The van der Waals surface area contributed by atoms with Crippen molar-refractivity contribution in [1.82, 2.24) is 4.90 Å². The highest BCUT2D eigenvalue weighted by molar-refractivity contribution is 5.91. The normalized spacial score (nSPS) is 13.6. The van der Waals surface area contributed by atoms with Crippen LogP contribution >= 0.6 is 0 Å². The fraction of sp³-hybridized carbons (Fsp3) is 0.667. The third-order valence-electron chi connectivity index (χ3n) is 2.64. The molecule has 0 amide bonds. The lowest BCUT2D eigenvalue weighted by Gasteiger charge is -2.21. The molecule has 0 aromatic rings. The molecule has 0 aliphatic rings. The molecule has 9 heteroatoms. The van der Waals surface area contributed by atoms with Crippen LogP contribution in [0.5, 0.6) is 0 Å². The molecule has 0 fully saturated rings. The standard InChI is InChI=1S/C12H22N4O5/c1-9(13-18)6-16(7-10(2)14-19)8-11(15-20)4-5-12(17)21-3/h18-20H,4-8H2,1-3H3/b13-9-,14-10-,15-11+. The van der Waals surface area contributed by atoms with Gasteiger partial charge in [-0.3, -0.25) is 9.69 Å². The average molecular weight is 302 g/mol. The Morgan fingerprint density at radius 2 is 1.48 bits per heavy atom. The van der Waals surface area contributed by atoms with Crippen molar-refractivity contribution in [3.8, 4) is 0 Å². The summed E-state index contributed by atoms with van der Waals surface area (Å²) in [6.45, 7) is 4.07. The molecule has 120 valence electrons. The van der Waals surface area contributed by atoms with Crippen molar-refractivity contribution in [2.45, 2.75) is 26.7 Å². The highest BCUT2D eigenvalue weighted by Gasteiger charge is 2.14. The predicted octanol–water partition coefficient (Wildman–Crippen LogP) is 0.772. The van der Waals surface area contributed by atoms with Crippen LogP contribution in [-0.4, -0.2) is 70.4 Å². The number of rotatable bonds is 9. The van der Waals surface area contributed by atoms with Crippen LogP contribution in [0.15, 0.2) is 15.5 Å². The van der Waals surface area contributed by atoms with Gasteiger partial charge in [-0.15, -0.1) is 0 Å². The lowest BCUT2D eigenvalue weighted by molar-refractivity contribution is -0.140. The van der Waals surface area contributed by atoms with Crippen LogP contribution < -0.4 is 0 Å². The van der Waals surface area contributed by atoms with Gasteiger partial charge in [0.1, 0.15) is 0 Å². The van der Waals surface area contributed by atoms with Gasteiger partial charge in [-0.1, -0.05) is 15.5 Å². The molecule has 3 N–H and O–H groups in total. The first-order valence-electron chi connectivity index (χ1n) is 6.30. The molecule has 0 atom stereocenters. The molecule has 0 radical (unpaired) electrons. The maximum Gasteiger partial charge on any atom is 0.305 e. The molecule has 0 saturated carbocycles. The Kier molecular flexibility index (Phi) is 9.52. The number of oxime groups is 3. The zero-order valence-electron chi connectivity index (χ0n) is 12.5. The summed E-state index contributed by atoms with van der Waals surface area (Å²) in [7, 11) is 1.28. The van der Waals surface area contributed by atoms with Crippen molar-refractivity contribution in [2.75, 3.05) is 26.7 Å². The van der Waals surface area contributed by atoms with E-state index in [0.29, 0.717) is 30.2 Å². The third kappa shape index (κ3) is 8.58. The second-order valence-electron chi connectivity index (χ2n) is 4.56. The van der Waals surface area contributed by atoms with E-state index in [4.69, 9.17) is 15.6 Å². The van der Waals surface area contributed by atoms with Crippen molar-refractivity contribution in [1.29, 1.82) is 0 Å². The van der Waals surface area contributed by atoms with E-state index >= 15 is 0 Å². The first-order valence-corrected chi connectivity index (χ1v) is 6.30. The Hall–Kier alpha value is -2.16. The maximum atomic E-state index is 11.1. The van der Waals surface area contributed by atoms with Crippen LogP contribution in [0.2, 0.25) is 0 Å². The van der Waals surface area contributed by atoms with Gasteiger partial charge in [-0.05, 0) is 13.8 Å². The number of carbonyl (C=O) groups excluding carboxylic acids is 1. The second-order valence-corrected chi connectivity index (χ2v) is 4.56. The molecule has 0 aromatic carbocycles. The number of ether oxygens (including phenoxy) is 1. The van der Waals surface area contributed by atoms with E-state index in [1.807, 2.05) is 0 Å². The first-order chi connectivity index (χ1) is 9.96. The van der Waals surface area contributed by atoms with Gasteiger partial charge in [0.05, 0.1) is 30.7 Å². The van der Waals surface area contributed by atoms with Crippen molar-refractivity contribution >= 4 is 23.1 Å². The quantitative estimate of drug-likeness (QED) is 0.250. The Labute approximate surface area is 123 Å². The van der Waals surface area contributed by atoms with Gasteiger partial charge in [0, 0.05) is 26.1 Å². The Morgan fingerprint density at radius 1 is 0.952 bits per heavy atom. The first kappa shape index (κ1) is 18.8. The van der Waals surface area contributed by atoms with Crippen LogP contribution in [0.4, 0.5) is 0 Å². The number of methoxy groups -OCH3 is 1. The summed E-state index contributed by atoms with van der Waals surface area (Å²) >= 11 is 0. The minimum atomic E-state index is -0.399. The SMILES string of the molecule is COC(=O)CC/C(CN(C/C(C)=N\O)C/C(C)=N\O)=N\O. The van der Waals surface area contributed by atoms with Crippen LogP contribution in [0.3, 0.4) is 0 Å². The topological polar surface area (TPSA) is 127 Å². The maximum absolute atomic E-state index is 11.1. The Morgan fingerprint density at radius 3 is 1.86 bits per heavy atom. The molecular weight excluding hydrogens is 280 g/mol. The summed E-state index contributed by atoms with van der Waals surface area (Å²) in [5, 5.41) is 35.7. The van der Waals surface area contributed by atoms with Crippen LogP contribution in [0, 0.1) is 0 Å². The van der Waals surface area contributed by atoms with Gasteiger partial charge in [0.15, 0.2) is 0 Å². The summed E-state index contributed by atoms with van der Waals surface area (Å²) in [4.78, 5) is 12.8. The van der Waals surface area contributed by atoms with E-state index < -0.39 is 5.97 Å². The van der Waals surface area contributed by atoms with Gasteiger partial charge in [0.25, 0.3) is 0 Å². The van der Waals surface area contributed by atoms with E-state index in [2.05, 4.69) is 20.2 Å². The van der Waals surface area contributed by atoms with Gasteiger partial charge in [-0.25, -0.2) is 0 Å². The van der Waals surface area contributed by atoms with E-state index in [1.165, 1.54) is 7.11 Å². The second kappa shape index (κ2) is 10.6. The van der Waals surface area contributed by atoms with Crippen molar-refractivity contribution < 1.29 is 25.2 Å². The molecule has 9 nitrogen and oxygen atoms in total. The van der Waals surface area contributed by atoms with Gasteiger partial charge >= 0.3 is 5.97 Å². The molecule has 0 rings (SSSR count). The van der Waals surface area contributed by atoms with Crippen molar-refractivity contribution in [2.24, 2.45) is 15.5 Å². The van der Waals surface area contributed by atoms with Crippen LogP contribution in [0.1, 0.15) is 26.7 Å². The number of esters is 1. The predicted molar refractivity (Wildman–Crippen MR) is 76.7 cm³/mol. The monoisotopic (exact) mass is 302 g/mol. The number of carbonyl (C=O) groups is 1. The molecule has 0 heterocycles. The molecule has 0 aromatic heterocycles. The molecule has 21 heavy (non-hydrogen) atoms.